The van der Waals surface area contributed by atoms with E-state index in [-0.39, 0.29) is 12.1 Å². The second-order valence-corrected chi connectivity index (χ2v) is 7.75. The van der Waals surface area contributed by atoms with E-state index >= 15 is 0 Å². The number of aryl methyl sites for hydroxylation is 1. The van der Waals surface area contributed by atoms with Gasteiger partial charge in [0.2, 0.25) is 0 Å². The predicted octanol–water partition coefficient (Wildman–Crippen LogP) is 5.84. The summed E-state index contributed by atoms with van der Waals surface area (Å²) in [5.74, 6) is 0.434. The Bertz CT molecular complexity index is 865. The molecule has 0 fully saturated rings. The SMILES string of the molecule is CC(Cc1ccccc1)CC(CCc1ccccc1)N(C(N)=O)c1ccccc1. The maximum Gasteiger partial charge on any atom is 0.319 e. The Kier molecular flexibility index (Phi) is 7.46. The maximum absolute atomic E-state index is 12.4. The highest BCUT2D eigenvalue weighted by Gasteiger charge is 2.25. The van der Waals surface area contributed by atoms with Gasteiger partial charge in [-0.3, -0.25) is 4.90 Å². The number of nitrogens with two attached hydrogens (primary N) is 1. The summed E-state index contributed by atoms with van der Waals surface area (Å²) in [5, 5.41) is 0. The van der Waals surface area contributed by atoms with Crippen LogP contribution in [-0.4, -0.2) is 12.1 Å². The zero-order valence-electron chi connectivity index (χ0n) is 17.1. The molecule has 0 aliphatic carbocycles. The molecule has 0 aliphatic rings. The summed E-state index contributed by atoms with van der Waals surface area (Å²) in [6, 6.07) is 30.4. The highest BCUT2D eigenvalue weighted by Crippen LogP contribution is 2.25. The van der Waals surface area contributed by atoms with E-state index < -0.39 is 0 Å². The van der Waals surface area contributed by atoms with Crippen LogP contribution in [0.15, 0.2) is 91.0 Å². The van der Waals surface area contributed by atoms with Crippen molar-refractivity contribution in [2.45, 2.75) is 38.6 Å². The Balaban J connectivity index is 1.78. The van der Waals surface area contributed by atoms with Crippen LogP contribution in [0.5, 0.6) is 0 Å². The first kappa shape index (κ1) is 20.7. The van der Waals surface area contributed by atoms with Gasteiger partial charge in [-0.2, -0.15) is 0 Å². The average molecular weight is 387 g/mol. The lowest BCUT2D eigenvalue weighted by Gasteiger charge is -2.32. The van der Waals surface area contributed by atoms with E-state index in [0.717, 1.165) is 31.4 Å². The normalized spacial score (nSPS) is 12.9. The van der Waals surface area contributed by atoms with E-state index in [1.54, 1.807) is 4.90 Å². The lowest BCUT2D eigenvalue weighted by Crippen LogP contribution is -2.45. The number of nitrogens with zero attached hydrogens (tertiary/aromatic N) is 1. The smallest absolute Gasteiger partial charge is 0.319 e. The van der Waals surface area contributed by atoms with E-state index in [1.165, 1.54) is 11.1 Å². The molecule has 3 aromatic rings. The lowest BCUT2D eigenvalue weighted by molar-refractivity contribution is 0.249. The van der Waals surface area contributed by atoms with Crippen molar-refractivity contribution in [3.05, 3.63) is 102 Å². The highest BCUT2D eigenvalue weighted by atomic mass is 16.2. The zero-order chi connectivity index (χ0) is 20.5. The van der Waals surface area contributed by atoms with Gasteiger partial charge in [-0.15, -0.1) is 0 Å². The Labute approximate surface area is 174 Å². The van der Waals surface area contributed by atoms with E-state index in [0.29, 0.717) is 5.92 Å². The van der Waals surface area contributed by atoms with Gasteiger partial charge in [0.05, 0.1) is 0 Å². The maximum atomic E-state index is 12.4. The van der Waals surface area contributed by atoms with Crippen molar-refractivity contribution in [2.24, 2.45) is 11.7 Å². The van der Waals surface area contributed by atoms with Crippen molar-refractivity contribution >= 4 is 11.7 Å². The van der Waals surface area contributed by atoms with Gasteiger partial charge in [-0.05, 0) is 54.9 Å². The van der Waals surface area contributed by atoms with Crippen LogP contribution in [0, 0.1) is 5.92 Å². The number of amides is 2. The molecule has 3 rings (SSSR count). The number of para-hydroxylation sites is 1. The van der Waals surface area contributed by atoms with Crippen LogP contribution in [0.25, 0.3) is 0 Å². The summed E-state index contributed by atoms with van der Waals surface area (Å²) >= 11 is 0. The predicted molar refractivity (Wildman–Crippen MR) is 121 cm³/mol. The zero-order valence-corrected chi connectivity index (χ0v) is 17.1. The third kappa shape index (κ3) is 6.21. The third-order valence-corrected chi connectivity index (χ3v) is 5.35. The number of primary amides is 1. The minimum absolute atomic E-state index is 0.0498. The largest absolute Gasteiger partial charge is 0.351 e. The summed E-state index contributed by atoms with van der Waals surface area (Å²) in [6.45, 7) is 2.26. The lowest BCUT2D eigenvalue weighted by atomic mass is 9.90. The minimum atomic E-state index is -0.388. The van der Waals surface area contributed by atoms with Crippen molar-refractivity contribution in [1.82, 2.24) is 0 Å². The van der Waals surface area contributed by atoms with E-state index in [1.807, 2.05) is 42.5 Å². The molecule has 0 aliphatic heterocycles. The molecule has 0 spiro atoms. The Hall–Kier alpha value is -3.07. The minimum Gasteiger partial charge on any atom is -0.351 e. The number of benzene rings is 3. The van der Waals surface area contributed by atoms with Crippen molar-refractivity contribution in [1.29, 1.82) is 0 Å². The second-order valence-electron chi connectivity index (χ2n) is 7.75. The molecule has 0 aromatic heterocycles. The Morgan fingerprint density at radius 1 is 0.828 bits per heavy atom. The Morgan fingerprint density at radius 3 is 1.90 bits per heavy atom. The van der Waals surface area contributed by atoms with E-state index in [2.05, 4.69) is 55.5 Å². The molecule has 0 bridgehead atoms. The van der Waals surface area contributed by atoms with Gasteiger partial charge < -0.3 is 5.73 Å². The molecule has 0 saturated heterocycles. The first-order valence-corrected chi connectivity index (χ1v) is 10.3. The third-order valence-electron chi connectivity index (χ3n) is 5.35. The van der Waals surface area contributed by atoms with Gasteiger partial charge in [0.25, 0.3) is 0 Å². The first-order valence-electron chi connectivity index (χ1n) is 10.3. The van der Waals surface area contributed by atoms with Crippen molar-refractivity contribution < 1.29 is 4.79 Å². The molecule has 3 heteroatoms. The van der Waals surface area contributed by atoms with Gasteiger partial charge >= 0.3 is 6.03 Å². The van der Waals surface area contributed by atoms with E-state index in [9.17, 15) is 4.79 Å². The molecule has 2 amide bonds. The monoisotopic (exact) mass is 386 g/mol. The summed E-state index contributed by atoms with van der Waals surface area (Å²) in [4.78, 5) is 14.2. The topological polar surface area (TPSA) is 46.3 Å². The number of anilines is 1. The number of carbonyl (C=O) groups excluding carboxylic acids is 1. The number of hydrogen-bond donors (Lipinski definition) is 1. The molecule has 29 heavy (non-hydrogen) atoms. The Morgan fingerprint density at radius 2 is 1.34 bits per heavy atom. The summed E-state index contributed by atoms with van der Waals surface area (Å²) < 4.78 is 0. The number of rotatable bonds is 9. The molecular weight excluding hydrogens is 356 g/mol. The molecule has 0 heterocycles. The number of hydrogen-bond acceptors (Lipinski definition) is 1. The molecule has 3 nitrogen and oxygen atoms in total. The first-order chi connectivity index (χ1) is 14.1. The van der Waals surface area contributed by atoms with Crippen LogP contribution < -0.4 is 10.6 Å². The van der Waals surface area contributed by atoms with Gasteiger partial charge in [-0.25, -0.2) is 4.79 Å². The molecular formula is C26H30N2O. The summed E-state index contributed by atoms with van der Waals surface area (Å²) in [6.07, 6.45) is 3.69. The van der Waals surface area contributed by atoms with Crippen molar-refractivity contribution in [2.75, 3.05) is 4.90 Å². The van der Waals surface area contributed by atoms with Gasteiger partial charge in [-0.1, -0.05) is 85.8 Å². The second kappa shape index (κ2) is 10.5. The molecule has 2 unspecified atom stereocenters. The standard InChI is InChI=1S/C26H30N2O/c1-21(19-23-13-7-3-8-14-23)20-25(18-17-22-11-5-2-6-12-22)28(26(27)29)24-15-9-4-10-16-24/h2-16,21,25H,17-20H2,1H3,(H2,27,29). The fourth-order valence-electron chi connectivity index (χ4n) is 4.00. The fraction of sp³-hybridized carbons (Fsp3) is 0.269. The summed E-state index contributed by atoms with van der Waals surface area (Å²) in [5.41, 5.74) is 9.33. The van der Waals surface area contributed by atoms with Crippen LogP contribution in [0.2, 0.25) is 0 Å². The van der Waals surface area contributed by atoms with Crippen LogP contribution >= 0.6 is 0 Å². The van der Waals surface area contributed by atoms with Crippen molar-refractivity contribution in [3.63, 3.8) is 0 Å². The number of urea groups is 1. The average Bonchev–Trinajstić information content (AvgIpc) is 2.74. The van der Waals surface area contributed by atoms with Crippen LogP contribution in [0.1, 0.15) is 30.9 Å². The van der Waals surface area contributed by atoms with Gasteiger partial charge in [0.1, 0.15) is 0 Å². The number of carbonyl (C=O) groups is 1. The van der Waals surface area contributed by atoms with Crippen LogP contribution in [0.4, 0.5) is 10.5 Å². The fourth-order valence-corrected chi connectivity index (χ4v) is 4.00. The molecule has 0 radical (unpaired) electrons. The van der Waals surface area contributed by atoms with Crippen LogP contribution in [-0.2, 0) is 12.8 Å². The molecule has 150 valence electrons. The summed E-state index contributed by atoms with van der Waals surface area (Å²) in [7, 11) is 0. The van der Waals surface area contributed by atoms with Gasteiger partial charge in [0.15, 0.2) is 0 Å². The molecule has 0 saturated carbocycles. The van der Waals surface area contributed by atoms with E-state index in [4.69, 9.17) is 5.73 Å². The molecule has 3 aromatic carbocycles. The highest BCUT2D eigenvalue weighted by molar-refractivity contribution is 5.91. The quantitative estimate of drug-likeness (QED) is 0.493. The van der Waals surface area contributed by atoms with Gasteiger partial charge in [0, 0.05) is 11.7 Å². The van der Waals surface area contributed by atoms with Crippen LogP contribution in [0.3, 0.4) is 0 Å². The molecule has 2 atom stereocenters. The van der Waals surface area contributed by atoms with Crippen molar-refractivity contribution in [3.8, 4) is 0 Å². The molecule has 2 N–H and O–H groups in total.